The molecule has 8 aromatic rings. The van der Waals surface area contributed by atoms with Crippen LogP contribution in [-0.2, 0) is 51.6 Å². The second-order valence-corrected chi connectivity index (χ2v) is 24.4. The summed E-state index contributed by atoms with van der Waals surface area (Å²) in [5.74, 6) is 6.39. The molecule has 13 heteroatoms. The third kappa shape index (κ3) is 20.1. The lowest BCUT2D eigenvalue weighted by Gasteiger charge is -2.33. The van der Waals surface area contributed by atoms with Crippen molar-refractivity contribution in [1.82, 2.24) is 29.6 Å². The lowest BCUT2D eigenvalue weighted by Crippen LogP contribution is -2.47. The number of para-hydroxylation sites is 3. The number of pyridine rings is 2. The molecule has 0 bridgehead atoms. The Bertz CT molecular complexity index is 3450. The Hall–Kier alpha value is -8.33. The van der Waals surface area contributed by atoms with Crippen LogP contribution in [0.15, 0.2) is 213 Å². The zero-order chi connectivity index (χ0) is 61.5. The standard InChI is InChI=1S/C27H30N2O2.C26H28N2O2.C23H28N2O3/c1-27(26(30)15-8-11-23-10-5-6-17-28-23)16-18-29(21-27)20-22-9-7-14-25(19-22)31-24-12-3-2-4-13-24;29-26(14-7-10-23-9-4-5-16-27-23)22-15-17-28(20-22)19-21-8-6-13-25(18-21)30-24-11-2-1-3-12-24;1-18-15-25(12-13-27-18)23(26)20-10-11-24(17-20)16-19-6-5-9-22(14-19)28-21-7-3-2-4-8-21/h2-7,9-10,12-14,17,19H,8,11,15-16,18,20-21H2,1H3;1-6,8-9,11-13,16,18,22H,7,10,14-15,17,19-20H2;2-9,14,18,20H,10-13,15-17H2,1H3. The summed E-state index contributed by atoms with van der Waals surface area (Å²) in [6.07, 6.45) is 11.3. The summed E-state index contributed by atoms with van der Waals surface area (Å²) >= 11 is 0. The van der Waals surface area contributed by atoms with Crippen LogP contribution < -0.4 is 14.2 Å². The molecule has 1 amide bonds. The van der Waals surface area contributed by atoms with Crippen LogP contribution in [0.3, 0.4) is 0 Å². The molecule has 13 nitrogen and oxygen atoms in total. The Morgan fingerprint density at radius 2 is 0.944 bits per heavy atom. The zero-order valence-corrected chi connectivity index (χ0v) is 51.8. The van der Waals surface area contributed by atoms with Crippen molar-refractivity contribution in [2.75, 3.05) is 59.0 Å². The van der Waals surface area contributed by atoms with E-state index in [4.69, 9.17) is 18.9 Å². The van der Waals surface area contributed by atoms with Gasteiger partial charge in [-0.2, -0.15) is 0 Å². The normalized spacial score (nSPS) is 19.3. The first kappa shape index (κ1) is 63.7. The molecule has 0 saturated carbocycles. The fourth-order valence-electron chi connectivity index (χ4n) is 12.4. The molecule has 0 N–H and O–H groups in total. The first-order valence-electron chi connectivity index (χ1n) is 31.9. The van der Waals surface area contributed by atoms with Crippen LogP contribution in [0.1, 0.15) is 86.9 Å². The average Bonchev–Trinajstić information content (AvgIpc) is 4.53. The van der Waals surface area contributed by atoms with Gasteiger partial charge >= 0.3 is 0 Å². The van der Waals surface area contributed by atoms with Crippen molar-refractivity contribution in [3.63, 3.8) is 0 Å². The van der Waals surface area contributed by atoms with E-state index in [0.717, 1.165) is 156 Å². The van der Waals surface area contributed by atoms with Crippen LogP contribution >= 0.6 is 0 Å². The zero-order valence-electron chi connectivity index (χ0n) is 51.8. The number of benzene rings is 6. The Morgan fingerprint density at radius 1 is 0.494 bits per heavy atom. The van der Waals surface area contributed by atoms with Gasteiger partial charge in [0.1, 0.15) is 46.1 Å². The number of aryl methyl sites for hydroxylation is 2. The van der Waals surface area contributed by atoms with Crippen LogP contribution in [0.2, 0.25) is 0 Å². The summed E-state index contributed by atoms with van der Waals surface area (Å²) in [5.41, 5.74) is 5.51. The Balaban J connectivity index is 0.000000147. The predicted molar refractivity (Wildman–Crippen MR) is 350 cm³/mol. The van der Waals surface area contributed by atoms with Crippen molar-refractivity contribution in [2.24, 2.45) is 17.3 Å². The van der Waals surface area contributed by atoms with Gasteiger partial charge < -0.3 is 23.8 Å². The minimum atomic E-state index is -0.248. The highest BCUT2D eigenvalue weighted by Gasteiger charge is 2.39. The number of morpholine rings is 1. The van der Waals surface area contributed by atoms with Crippen LogP contribution in [0, 0.1) is 17.3 Å². The number of hydrogen-bond donors (Lipinski definition) is 0. The molecule has 4 unspecified atom stereocenters. The number of amides is 1. The number of nitrogens with zero attached hydrogens (tertiary/aromatic N) is 6. The van der Waals surface area contributed by atoms with Gasteiger partial charge in [-0.05, 0) is 185 Å². The van der Waals surface area contributed by atoms with Crippen molar-refractivity contribution < 1.29 is 33.3 Å². The Labute approximate surface area is 526 Å². The van der Waals surface area contributed by atoms with Gasteiger partial charge in [-0.25, -0.2) is 0 Å². The maximum atomic E-state index is 12.9. The molecule has 12 rings (SSSR count). The van der Waals surface area contributed by atoms with Gasteiger partial charge in [0.15, 0.2) is 0 Å². The van der Waals surface area contributed by atoms with E-state index < -0.39 is 0 Å². The van der Waals surface area contributed by atoms with Gasteiger partial charge in [0.05, 0.1) is 18.6 Å². The number of carbonyl (C=O) groups excluding carboxylic acids is 3. The van der Waals surface area contributed by atoms with Crippen molar-refractivity contribution in [2.45, 2.75) is 97.4 Å². The second-order valence-electron chi connectivity index (χ2n) is 24.4. The highest BCUT2D eigenvalue weighted by molar-refractivity contribution is 5.85. The minimum absolute atomic E-state index is 0.106. The van der Waals surface area contributed by atoms with Crippen molar-refractivity contribution in [1.29, 1.82) is 0 Å². The molecule has 4 saturated heterocycles. The fourth-order valence-corrected chi connectivity index (χ4v) is 12.4. The molecule has 4 aliphatic heterocycles. The number of aromatic nitrogens is 2. The van der Waals surface area contributed by atoms with Crippen LogP contribution in [0.4, 0.5) is 0 Å². The van der Waals surface area contributed by atoms with Crippen molar-refractivity contribution >= 4 is 17.5 Å². The lowest BCUT2D eigenvalue weighted by atomic mass is 9.82. The fraction of sp³-hybridized carbons (Fsp3) is 0.355. The highest BCUT2D eigenvalue weighted by atomic mass is 16.5. The molecule has 4 fully saturated rings. The summed E-state index contributed by atoms with van der Waals surface area (Å²) in [4.78, 5) is 56.2. The van der Waals surface area contributed by atoms with Gasteiger partial charge in [0.25, 0.3) is 0 Å². The summed E-state index contributed by atoms with van der Waals surface area (Å²) in [7, 11) is 0. The van der Waals surface area contributed by atoms with Crippen molar-refractivity contribution in [3.05, 3.63) is 241 Å². The third-order valence-electron chi connectivity index (χ3n) is 17.1. The molecule has 0 aliphatic carbocycles. The number of carbonyl (C=O) groups is 3. The molecule has 6 aromatic carbocycles. The Kier molecular flexibility index (Phi) is 23.4. The number of ether oxygens (including phenoxy) is 4. The molecule has 462 valence electrons. The van der Waals surface area contributed by atoms with Gasteiger partial charge in [-0.1, -0.05) is 110 Å². The first-order chi connectivity index (χ1) is 43.5. The van der Waals surface area contributed by atoms with E-state index >= 15 is 0 Å². The number of rotatable bonds is 23. The van der Waals surface area contributed by atoms with Crippen molar-refractivity contribution in [3.8, 4) is 34.5 Å². The number of likely N-dealkylation sites (tertiary alicyclic amines) is 3. The van der Waals surface area contributed by atoms with E-state index in [1.165, 1.54) is 16.7 Å². The highest BCUT2D eigenvalue weighted by Crippen LogP contribution is 2.35. The number of Topliss-reactive ketones (excluding diaryl/α,β-unsaturated/α-hetero) is 2. The summed E-state index contributed by atoms with van der Waals surface area (Å²) in [6, 6.07) is 66.1. The van der Waals surface area contributed by atoms with E-state index in [1.807, 2.05) is 188 Å². The largest absolute Gasteiger partial charge is 0.457 e. The molecule has 4 atom stereocenters. The number of ketones is 2. The monoisotopic (exact) mass is 1190 g/mol. The Morgan fingerprint density at radius 3 is 1.43 bits per heavy atom. The molecular formula is C76H86N6O7. The summed E-state index contributed by atoms with van der Waals surface area (Å²) in [6.45, 7) is 14.2. The topological polar surface area (TPSA) is 127 Å². The summed E-state index contributed by atoms with van der Waals surface area (Å²) < 4.78 is 23.4. The lowest BCUT2D eigenvalue weighted by molar-refractivity contribution is -0.142. The smallest absolute Gasteiger partial charge is 0.227 e. The molecule has 0 radical (unpaired) electrons. The molecule has 2 aromatic heterocycles. The molecule has 0 spiro atoms. The van der Waals surface area contributed by atoms with E-state index in [2.05, 4.69) is 68.0 Å². The third-order valence-corrected chi connectivity index (χ3v) is 17.1. The van der Waals surface area contributed by atoms with Gasteiger partial charge in [0, 0.05) is 100 Å². The minimum Gasteiger partial charge on any atom is -0.457 e. The molecule has 6 heterocycles. The SMILES string of the molecule is CC1(C(=O)CCCc2ccccn2)CCN(Cc2cccc(Oc3ccccc3)c2)C1.CC1CN(C(=O)C2CCN(Cc3cccc(Oc4ccccc4)c3)C2)CCO1.O=C(CCCc1ccccn1)C1CCN(Cc2cccc(Oc3ccccc3)c2)C1. The quantitative estimate of drug-likeness (QED) is 0.0605. The predicted octanol–water partition coefficient (Wildman–Crippen LogP) is 14.5. The molecule has 89 heavy (non-hydrogen) atoms. The molecule has 4 aliphatic rings. The van der Waals surface area contributed by atoms with Gasteiger partial charge in [-0.3, -0.25) is 39.1 Å². The maximum Gasteiger partial charge on any atom is 0.227 e. The number of hydrogen-bond acceptors (Lipinski definition) is 12. The van der Waals surface area contributed by atoms with Crippen LogP contribution in [0.25, 0.3) is 0 Å². The van der Waals surface area contributed by atoms with Crippen LogP contribution in [0.5, 0.6) is 34.5 Å². The summed E-state index contributed by atoms with van der Waals surface area (Å²) in [5, 5.41) is 0. The van der Waals surface area contributed by atoms with Gasteiger partial charge in [0.2, 0.25) is 5.91 Å². The van der Waals surface area contributed by atoms with E-state index in [-0.39, 0.29) is 23.4 Å². The first-order valence-corrected chi connectivity index (χ1v) is 31.9. The van der Waals surface area contributed by atoms with E-state index in [1.54, 1.807) is 0 Å². The van der Waals surface area contributed by atoms with E-state index in [9.17, 15) is 14.4 Å². The van der Waals surface area contributed by atoms with Crippen LogP contribution in [-0.4, -0.2) is 112 Å². The van der Waals surface area contributed by atoms with Gasteiger partial charge in [-0.15, -0.1) is 0 Å². The molecular weight excluding hydrogens is 1110 g/mol. The average molecular weight is 1200 g/mol. The van der Waals surface area contributed by atoms with E-state index in [0.29, 0.717) is 43.5 Å². The maximum absolute atomic E-state index is 12.9. The second kappa shape index (κ2) is 32.8.